The molecule has 0 fully saturated rings. The van der Waals surface area contributed by atoms with Crippen LogP contribution in [0.5, 0.6) is 11.5 Å². The van der Waals surface area contributed by atoms with Gasteiger partial charge in [-0.05, 0) is 42.0 Å². The van der Waals surface area contributed by atoms with Gasteiger partial charge in [0, 0.05) is 17.3 Å². The summed E-state index contributed by atoms with van der Waals surface area (Å²) < 4.78 is 31.3. The van der Waals surface area contributed by atoms with E-state index in [2.05, 4.69) is 10.4 Å². The van der Waals surface area contributed by atoms with Crippen LogP contribution in [0.25, 0.3) is 0 Å². The molecule has 0 aliphatic carbocycles. The maximum Gasteiger partial charge on any atom is 0.292 e. The van der Waals surface area contributed by atoms with Gasteiger partial charge < -0.3 is 19.2 Å². The molecule has 0 spiro atoms. The normalized spacial score (nSPS) is 10.7. The summed E-state index contributed by atoms with van der Waals surface area (Å²) in [4.78, 5) is 12.5. The Hall–Kier alpha value is -3.78. The number of methoxy groups -OCH3 is 1. The van der Waals surface area contributed by atoms with E-state index in [1.54, 1.807) is 54.4 Å². The monoisotopic (exact) mass is 455 g/mol. The summed E-state index contributed by atoms with van der Waals surface area (Å²) >= 11 is 6.05. The fraction of sp³-hybridized carbons (Fsp3) is 0.130. The number of rotatable bonds is 8. The molecule has 4 aromatic rings. The number of ether oxygens (including phenoxy) is 2. The molecule has 0 bridgehead atoms. The molecule has 0 unspecified atom stereocenters. The summed E-state index contributed by atoms with van der Waals surface area (Å²) in [5.74, 6) is 1.28. The average Bonchev–Trinajstić information content (AvgIpc) is 3.44. The Balaban J connectivity index is 1.35. The molecule has 0 saturated heterocycles. The van der Waals surface area contributed by atoms with E-state index in [1.165, 1.54) is 12.1 Å². The minimum absolute atomic E-state index is 0.125. The highest BCUT2D eigenvalue weighted by Crippen LogP contribution is 2.27. The summed E-state index contributed by atoms with van der Waals surface area (Å²) in [6.07, 6.45) is 1.68. The summed E-state index contributed by atoms with van der Waals surface area (Å²) in [7, 11) is 1.56. The predicted molar refractivity (Wildman–Crippen MR) is 117 cm³/mol. The third kappa shape index (κ3) is 5.09. The fourth-order valence-corrected chi connectivity index (χ4v) is 3.21. The van der Waals surface area contributed by atoms with Crippen molar-refractivity contribution in [1.29, 1.82) is 0 Å². The SMILES string of the molecule is COc1ccccc1OCc1ccc(C(=O)Nc2ccn(Cc3ccc(F)cc3Cl)n2)o1. The lowest BCUT2D eigenvalue weighted by molar-refractivity contribution is 0.0992. The second-order valence-electron chi connectivity index (χ2n) is 6.79. The van der Waals surface area contributed by atoms with Crippen LogP contribution in [0.2, 0.25) is 5.02 Å². The van der Waals surface area contributed by atoms with Crippen LogP contribution in [0.15, 0.2) is 71.3 Å². The molecule has 2 aromatic heterocycles. The Bertz CT molecular complexity index is 1240. The van der Waals surface area contributed by atoms with Crippen molar-refractivity contribution in [2.24, 2.45) is 0 Å². The van der Waals surface area contributed by atoms with Gasteiger partial charge in [-0.1, -0.05) is 29.8 Å². The highest BCUT2D eigenvalue weighted by Gasteiger charge is 2.14. The molecule has 2 aromatic carbocycles. The smallest absolute Gasteiger partial charge is 0.292 e. The van der Waals surface area contributed by atoms with Crippen LogP contribution in [0, 0.1) is 5.82 Å². The molecule has 0 aliphatic heterocycles. The highest BCUT2D eigenvalue weighted by atomic mass is 35.5. The molecule has 0 aliphatic rings. The molecule has 2 heterocycles. The van der Waals surface area contributed by atoms with Crippen molar-refractivity contribution in [2.45, 2.75) is 13.2 Å². The number of hydrogen-bond acceptors (Lipinski definition) is 5. The van der Waals surface area contributed by atoms with Gasteiger partial charge in [-0.3, -0.25) is 9.48 Å². The molecule has 32 heavy (non-hydrogen) atoms. The largest absolute Gasteiger partial charge is 0.493 e. The first-order valence-electron chi connectivity index (χ1n) is 9.65. The highest BCUT2D eigenvalue weighted by molar-refractivity contribution is 6.31. The first-order valence-corrected chi connectivity index (χ1v) is 10.0. The Labute approximate surface area is 188 Å². The minimum Gasteiger partial charge on any atom is -0.493 e. The van der Waals surface area contributed by atoms with Crippen LogP contribution in [-0.2, 0) is 13.2 Å². The number of anilines is 1. The molecule has 1 amide bonds. The van der Waals surface area contributed by atoms with Crippen molar-refractivity contribution >= 4 is 23.3 Å². The fourth-order valence-electron chi connectivity index (χ4n) is 2.98. The zero-order chi connectivity index (χ0) is 22.5. The molecule has 7 nitrogen and oxygen atoms in total. The van der Waals surface area contributed by atoms with Crippen molar-refractivity contribution < 1.29 is 23.1 Å². The molecule has 4 rings (SSSR count). The Morgan fingerprint density at radius 1 is 1.16 bits per heavy atom. The number of amides is 1. The van der Waals surface area contributed by atoms with Gasteiger partial charge in [0.1, 0.15) is 18.2 Å². The Morgan fingerprint density at radius 3 is 2.75 bits per heavy atom. The molecular weight excluding hydrogens is 437 g/mol. The number of carbonyl (C=O) groups is 1. The molecule has 0 radical (unpaired) electrons. The summed E-state index contributed by atoms with van der Waals surface area (Å²) in [6, 6.07) is 16.3. The number of carbonyl (C=O) groups excluding carboxylic acids is 1. The van der Waals surface area contributed by atoms with E-state index in [0.29, 0.717) is 40.2 Å². The van der Waals surface area contributed by atoms with E-state index < -0.39 is 11.7 Å². The standard InChI is InChI=1S/C23H19ClFN3O4/c1-30-19-4-2-3-5-20(19)31-14-17-8-9-21(32-17)23(29)26-22-10-11-28(27-22)13-15-6-7-16(25)12-18(15)24/h2-12H,13-14H2,1H3,(H,26,27,29). The summed E-state index contributed by atoms with van der Waals surface area (Å²) in [6.45, 7) is 0.473. The lowest BCUT2D eigenvalue weighted by Gasteiger charge is -2.08. The topological polar surface area (TPSA) is 78.5 Å². The van der Waals surface area contributed by atoms with Crippen molar-refractivity contribution in [3.8, 4) is 11.5 Å². The van der Waals surface area contributed by atoms with Crippen LogP contribution >= 0.6 is 11.6 Å². The quantitative estimate of drug-likeness (QED) is 0.397. The lowest BCUT2D eigenvalue weighted by atomic mass is 10.2. The van der Waals surface area contributed by atoms with Gasteiger partial charge in [-0.2, -0.15) is 5.10 Å². The zero-order valence-electron chi connectivity index (χ0n) is 17.0. The van der Waals surface area contributed by atoms with Crippen LogP contribution in [-0.4, -0.2) is 22.8 Å². The van der Waals surface area contributed by atoms with Gasteiger partial charge in [-0.15, -0.1) is 0 Å². The molecule has 164 valence electrons. The summed E-state index contributed by atoms with van der Waals surface area (Å²) in [5, 5.41) is 7.27. The maximum absolute atomic E-state index is 13.2. The number of halogens is 2. The van der Waals surface area contributed by atoms with Crippen LogP contribution in [0.3, 0.4) is 0 Å². The van der Waals surface area contributed by atoms with Crippen LogP contribution < -0.4 is 14.8 Å². The minimum atomic E-state index is -0.446. The number of nitrogens with zero attached hydrogens (tertiary/aromatic N) is 2. The van der Waals surface area contributed by atoms with E-state index in [4.69, 9.17) is 25.5 Å². The van der Waals surface area contributed by atoms with Crippen molar-refractivity contribution in [3.05, 3.63) is 94.8 Å². The number of hydrogen-bond donors (Lipinski definition) is 1. The predicted octanol–water partition coefficient (Wildman–Crippen LogP) is 5.16. The Morgan fingerprint density at radius 2 is 1.97 bits per heavy atom. The lowest BCUT2D eigenvalue weighted by Crippen LogP contribution is -2.12. The molecule has 0 saturated carbocycles. The molecule has 0 atom stereocenters. The third-order valence-electron chi connectivity index (χ3n) is 4.55. The van der Waals surface area contributed by atoms with E-state index >= 15 is 0 Å². The van der Waals surface area contributed by atoms with Crippen LogP contribution in [0.1, 0.15) is 21.9 Å². The van der Waals surface area contributed by atoms with E-state index in [0.717, 1.165) is 0 Å². The first-order chi connectivity index (χ1) is 15.5. The van der Waals surface area contributed by atoms with Crippen molar-refractivity contribution in [1.82, 2.24) is 9.78 Å². The van der Waals surface area contributed by atoms with Crippen molar-refractivity contribution in [2.75, 3.05) is 12.4 Å². The maximum atomic E-state index is 13.2. The van der Waals surface area contributed by atoms with E-state index in [9.17, 15) is 9.18 Å². The van der Waals surface area contributed by atoms with Crippen LogP contribution in [0.4, 0.5) is 10.2 Å². The number of nitrogens with one attached hydrogen (secondary N) is 1. The van der Waals surface area contributed by atoms with E-state index in [1.807, 2.05) is 12.1 Å². The summed E-state index contributed by atoms with van der Waals surface area (Å²) in [5.41, 5.74) is 0.708. The molecular formula is C23H19ClFN3O4. The first kappa shape index (κ1) is 21.5. The van der Waals surface area contributed by atoms with E-state index in [-0.39, 0.29) is 12.4 Å². The number of furan rings is 1. The average molecular weight is 456 g/mol. The number of aromatic nitrogens is 2. The van der Waals surface area contributed by atoms with Gasteiger partial charge in [0.2, 0.25) is 0 Å². The van der Waals surface area contributed by atoms with Gasteiger partial charge in [0.05, 0.1) is 13.7 Å². The molecule has 9 heteroatoms. The van der Waals surface area contributed by atoms with Crippen molar-refractivity contribution in [3.63, 3.8) is 0 Å². The van der Waals surface area contributed by atoms with Gasteiger partial charge in [-0.25, -0.2) is 4.39 Å². The van der Waals surface area contributed by atoms with Gasteiger partial charge >= 0.3 is 0 Å². The number of para-hydroxylation sites is 2. The van der Waals surface area contributed by atoms with Gasteiger partial charge in [0.25, 0.3) is 5.91 Å². The second kappa shape index (κ2) is 9.57. The third-order valence-corrected chi connectivity index (χ3v) is 4.91. The zero-order valence-corrected chi connectivity index (χ0v) is 17.8. The van der Waals surface area contributed by atoms with Gasteiger partial charge in [0.15, 0.2) is 23.1 Å². The molecule has 1 N–H and O–H groups in total. The second-order valence-corrected chi connectivity index (χ2v) is 7.20. The Kier molecular flexibility index (Phi) is 6.42. The number of benzene rings is 2.